The molecule has 4 rings (SSSR count). The molecular formula is C31H34N2O6S. The van der Waals surface area contributed by atoms with Crippen molar-refractivity contribution in [2.75, 3.05) is 18.6 Å². The summed E-state index contributed by atoms with van der Waals surface area (Å²) in [5.74, 6) is -1.90. The number of amides is 1. The second-order valence-electron chi connectivity index (χ2n) is 10.7. The minimum atomic E-state index is -0.953. The molecule has 0 aliphatic carbocycles. The van der Waals surface area contributed by atoms with E-state index in [0.717, 1.165) is 29.7 Å². The molecule has 40 heavy (non-hydrogen) atoms. The van der Waals surface area contributed by atoms with Crippen molar-refractivity contribution >= 4 is 39.9 Å². The van der Waals surface area contributed by atoms with Gasteiger partial charge < -0.3 is 14.6 Å². The Labute approximate surface area is 238 Å². The van der Waals surface area contributed by atoms with Gasteiger partial charge in [-0.2, -0.15) is 0 Å². The highest BCUT2D eigenvalue weighted by Gasteiger charge is 2.48. The summed E-state index contributed by atoms with van der Waals surface area (Å²) in [7, 11) is 1.27. The van der Waals surface area contributed by atoms with Gasteiger partial charge in [0.1, 0.15) is 16.4 Å². The molecule has 0 unspecified atom stereocenters. The number of rotatable bonds is 8. The van der Waals surface area contributed by atoms with Crippen molar-refractivity contribution in [3.05, 3.63) is 81.4 Å². The van der Waals surface area contributed by atoms with Gasteiger partial charge >= 0.3 is 11.9 Å². The topological polar surface area (TPSA) is 106 Å². The molecule has 0 saturated carbocycles. The summed E-state index contributed by atoms with van der Waals surface area (Å²) in [6.07, 6.45) is 1.93. The van der Waals surface area contributed by atoms with Gasteiger partial charge in [0, 0.05) is 5.56 Å². The highest BCUT2D eigenvalue weighted by atomic mass is 32.1. The summed E-state index contributed by atoms with van der Waals surface area (Å²) < 4.78 is 10.6. The number of aromatic nitrogens is 1. The van der Waals surface area contributed by atoms with Gasteiger partial charge in [-0.3, -0.25) is 14.5 Å². The fraction of sp³-hybridized carbons (Fsp3) is 0.355. The van der Waals surface area contributed by atoms with Gasteiger partial charge in [0.2, 0.25) is 0 Å². The van der Waals surface area contributed by atoms with Crippen molar-refractivity contribution < 1.29 is 29.0 Å². The van der Waals surface area contributed by atoms with Crippen LogP contribution in [0.15, 0.2) is 54.1 Å². The molecule has 210 valence electrons. The standard InChI is InChI=1S/C31H34N2O6S/c1-7-8-17-39-22-15-11-20(12-16-22)25(34)23-24(19-9-13-21(14-10-19)31(3,4)5)33(28(36)26(23)35)30-32-18(2)27(40-30)29(37)38-6/h9-16,24,34H,7-8,17H2,1-6H3/t24-/m1/s1. The number of ether oxygens (including phenoxy) is 2. The van der Waals surface area contributed by atoms with Gasteiger partial charge in [0.25, 0.3) is 5.78 Å². The monoisotopic (exact) mass is 562 g/mol. The number of carbonyl (C=O) groups is 3. The van der Waals surface area contributed by atoms with E-state index in [4.69, 9.17) is 9.47 Å². The molecule has 1 amide bonds. The average Bonchev–Trinajstić information content (AvgIpc) is 3.44. The average molecular weight is 563 g/mol. The normalized spacial score (nSPS) is 16.9. The van der Waals surface area contributed by atoms with E-state index in [1.54, 1.807) is 31.2 Å². The van der Waals surface area contributed by atoms with E-state index in [9.17, 15) is 19.5 Å². The minimum absolute atomic E-state index is 0.0550. The summed E-state index contributed by atoms with van der Waals surface area (Å²) in [5.41, 5.74) is 2.30. The lowest BCUT2D eigenvalue weighted by molar-refractivity contribution is -0.132. The SMILES string of the molecule is CCCCOc1ccc(C(O)=C2C(=O)C(=O)N(c3nc(C)c(C(=O)OC)s3)[C@@H]2c2ccc(C(C)(C)C)cc2)cc1. The number of Topliss-reactive ketones (excluding diaryl/α,β-unsaturated/α-hetero) is 1. The van der Waals surface area contributed by atoms with Gasteiger partial charge in [-0.15, -0.1) is 0 Å². The molecule has 2 aromatic carbocycles. The molecule has 1 fully saturated rings. The number of aryl methyl sites for hydroxylation is 1. The van der Waals surface area contributed by atoms with E-state index in [-0.39, 0.29) is 26.8 Å². The van der Waals surface area contributed by atoms with Crippen LogP contribution < -0.4 is 9.64 Å². The number of hydrogen-bond acceptors (Lipinski definition) is 8. The first-order valence-electron chi connectivity index (χ1n) is 13.2. The lowest BCUT2D eigenvalue weighted by Crippen LogP contribution is -2.29. The van der Waals surface area contributed by atoms with Crippen LogP contribution in [0.2, 0.25) is 0 Å². The summed E-state index contributed by atoms with van der Waals surface area (Å²) in [6, 6.07) is 13.4. The Kier molecular flexibility index (Phi) is 8.44. The molecule has 0 radical (unpaired) electrons. The molecule has 1 aromatic heterocycles. The van der Waals surface area contributed by atoms with Crippen molar-refractivity contribution in [3.8, 4) is 5.75 Å². The Hall–Kier alpha value is -3.98. The van der Waals surface area contributed by atoms with Crippen LogP contribution in [0.25, 0.3) is 5.76 Å². The lowest BCUT2D eigenvalue weighted by atomic mass is 9.85. The summed E-state index contributed by atoms with van der Waals surface area (Å²) in [4.78, 5) is 45.2. The molecule has 2 heterocycles. The first kappa shape index (κ1) is 29.0. The van der Waals surface area contributed by atoms with Gasteiger partial charge in [0.15, 0.2) is 5.13 Å². The molecule has 0 bridgehead atoms. The van der Waals surface area contributed by atoms with Crippen LogP contribution in [-0.4, -0.2) is 41.5 Å². The Morgan fingerprint density at radius 2 is 1.73 bits per heavy atom. The number of carbonyl (C=O) groups excluding carboxylic acids is 3. The number of aliphatic hydroxyl groups excluding tert-OH is 1. The Bertz CT molecular complexity index is 1450. The van der Waals surface area contributed by atoms with Gasteiger partial charge in [-0.25, -0.2) is 9.78 Å². The molecule has 3 aromatic rings. The van der Waals surface area contributed by atoms with E-state index in [2.05, 4.69) is 32.7 Å². The molecule has 1 atom stereocenters. The third-order valence-corrected chi connectivity index (χ3v) is 7.93. The maximum absolute atomic E-state index is 13.5. The third kappa shape index (κ3) is 5.65. The molecule has 1 N–H and O–H groups in total. The van der Waals surface area contributed by atoms with Crippen LogP contribution in [0, 0.1) is 6.92 Å². The second kappa shape index (κ2) is 11.6. The van der Waals surface area contributed by atoms with Gasteiger partial charge in [0.05, 0.1) is 31.0 Å². The van der Waals surface area contributed by atoms with Crippen molar-refractivity contribution in [3.63, 3.8) is 0 Å². The van der Waals surface area contributed by atoms with E-state index < -0.39 is 23.7 Å². The zero-order valence-electron chi connectivity index (χ0n) is 23.6. The second-order valence-corrected chi connectivity index (χ2v) is 11.6. The Balaban J connectivity index is 1.84. The smallest absolute Gasteiger partial charge is 0.350 e. The number of esters is 1. The van der Waals surface area contributed by atoms with Crippen LogP contribution in [-0.2, 0) is 19.7 Å². The van der Waals surface area contributed by atoms with Crippen LogP contribution in [0.3, 0.4) is 0 Å². The number of ketones is 1. The number of nitrogens with zero attached hydrogens (tertiary/aromatic N) is 2. The highest BCUT2D eigenvalue weighted by molar-refractivity contribution is 7.17. The fourth-order valence-electron chi connectivity index (χ4n) is 4.48. The van der Waals surface area contributed by atoms with Crippen molar-refractivity contribution in [1.82, 2.24) is 4.98 Å². The van der Waals surface area contributed by atoms with Crippen LogP contribution in [0.4, 0.5) is 5.13 Å². The number of unbranched alkanes of at least 4 members (excludes halogenated alkanes) is 1. The number of hydrogen-bond donors (Lipinski definition) is 1. The summed E-state index contributed by atoms with van der Waals surface area (Å²) in [6.45, 7) is 10.6. The van der Waals surface area contributed by atoms with Gasteiger partial charge in [-0.1, -0.05) is 69.7 Å². The van der Waals surface area contributed by atoms with Crippen molar-refractivity contribution in [2.24, 2.45) is 0 Å². The molecule has 0 spiro atoms. The highest BCUT2D eigenvalue weighted by Crippen LogP contribution is 2.44. The molecule has 9 heteroatoms. The van der Waals surface area contributed by atoms with E-state index in [0.29, 0.717) is 29.2 Å². The first-order chi connectivity index (χ1) is 19.0. The van der Waals surface area contributed by atoms with Crippen LogP contribution >= 0.6 is 11.3 Å². The van der Waals surface area contributed by atoms with Crippen molar-refractivity contribution in [2.45, 2.75) is 58.9 Å². The Morgan fingerprint density at radius 1 is 1.07 bits per heavy atom. The predicted octanol–water partition coefficient (Wildman–Crippen LogP) is 6.34. The minimum Gasteiger partial charge on any atom is -0.507 e. The molecular weight excluding hydrogens is 528 g/mol. The molecule has 1 aliphatic heterocycles. The lowest BCUT2D eigenvalue weighted by Gasteiger charge is -2.24. The van der Waals surface area contributed by atoms with E-state index in [1.165, 1.54) is 12.0 Å². The Morgan fingerprint density at radius 3 is 2.30 bits per heavy atom. The summed E-state index contributed by atoms with van der Waals surface area (Å²) >= 11 is 0.968. The maximum Gasteiger partial charge on any atom is 0.350 e. The number of thiazole rings is 1. The number of aliphatic hydroxyl groups is 1. The first-order valence-corrected chi connectivity index (χ1v) is 14.0. The van der Waals surface area contributed by atoms with E-state index in [1.807, 2.05) is 24.3 Å². The number of methoxy groups -OCH3 is 1. The zero-order valence-corrected chi connectivity index (χ0v) is 24.4. The summed E-state index contributed by atoms with van der Waals surface area (Å²) in [5, 5.41) is 11.6. The fourth-order valence-corrected chi connectivity index (χ4v) is 5.49. The predicted molar refractivity (Wildman–Crippen MR) is 155 cm³/mol. The third-order valence-electron chi connectivity index (χ3n) is 6.79. The quantitative estimate of drug-likeness (QED) is 0.112. The van der Waals surface area contributed by atoms with Crippen LogP contribution in [0.5, 0.6) is 5.75 Å². The van der Waals surface area contributed by atoms with Gasteiger partial charge in [-0.05, 0) is 54.2 Å². The number of benzene rings is 2. The number of anilines is 1. The van der Waals surface area contributed by atoms with Crippen molar-refractivity contribution in [1.29, 1.82) is 0 Å². The maximum atomic E-state index is 13.5. The zero-order chi connectivity index (χ0) is 29.2. The van der Waals surface area contributed by atoms with E-state index >= 15 is 0 Å². The largest absolute Gasteiger partial charge is 0.507 e. The molecule has 8 nitrogen and oxygen atoms in total. The van der Waals surface area contributed by atoms with Crippen LogP contribution in [0.1, 0.15) is 78.6 Å². The molecule has 1 aliphatic rings. The molecule has 1 saturated heterocycles.